The van der Waals surface area contributed by atoms with Gasteiger partial charge in [0, 0.05) is 37.3 Å². The van der Waals surface area contributed by atoms with Gasteiger partial charge in [0.2, 0.25) is 5.91 Å². The van der Waals surface area contributed by atoms with Crippen molar-refractivity contribution >= 4 is 5.91 Å². The average Bonchev–Trinajstić information content (AvgIpc) is 3.17. The zero-order chi connectivity index (χ0) is 18.5. The molecule has 0 bridgehead atoms. The third kappa shape index (κ3) is 4.40. The largest absolute Gasteiger partial charge is 0.484 e. The molecule has 1 amide bonds. The highest BCUT2D eigenvalue weighted by molar-refractivity contribution is 5.93. The molecule has 1 aliphatic heterocycles. The van der Waals surface area contributed by atoms with Crippen LogP contribution in [-0.2, 0) is 11.3 Å². The summed E-state index contributed by atoms with van der Waals surface area (Å²) < 4.78 is 6.34. The second kappa shape index (κ2) is 8.40. The van der Waals surface area contributed by atoms with E-state index in [4.69, 9.17) is 4.74 Å². The first-order chi connectivity index (χ1) is 13.3. The van der Waals surface area contributed by atoms with E-state index < -0.39 is 0 Å². The molecule has 4 nitrogen and oxygen atoms in total. The van der Waals surface area contributed by atoms with Gasteiger partial charge in [-0.3, -0.25) is 9.69 Å². The van der Waals surface area contributed by atoms with E-state index in [0.29, 0.717) is 6.54 Å². The fraction of sp³-hybridized carbons (Fsp3) is 0.348. The van der Waals surface area contributed by atoms with Gasteiger partial charge in [-0.2, -0.15) is 0 Å². The van der Waals surface area contributed by atoms with Crippen LogP contribution in [-0.4, -0.2) is 30.4 Å². The summed E-state index contributed by atoms with van der Waals surface area (Å²) in [6, 6.07) is 18.6. The van der Waals surface area contributed by atoms with Crippen LogP contribution in [0, 0.1) is 0 Å². The quantitative estimate of drug-likeness (QED) is 0.878. The fourth-order valence-electron chi connectivity index (χ4n) is 3.81. The highest BCUT2D eigenvalue weighted by Crippen LogP contribution is 2.30. The Bertz CT molecular complexity index is 816. The molecule has 27 heavy (non-hydrogen) atoms. The maximum absolute atomic E-state index is 12.2. The van der Waals surface area contributed by atoms with Crippen molar-refractivity contribution in [2.45, 2.75) is 31.9 Å². The Labute approximate surface area is 160 Å². The van der Waals surface area contributed by atoms with Gasteiger partial charge in [0.1, 0.15) is 11.9 Å². The van der Waals surface area contributed by atoms with Crippen molar-refractivity contribution in [3.05, 3.63) is 77.4 Å². The van der Waals surface area contributed by atoms with Crippen LogP contribution in [0.1, 0.15) is 36.5 Å². The van der Waals surface area contributed by atoms with E-state index in [9.17, 15) is 4.79 Å². The van der Waals surface area contributed by atoms with E-state index in [1.54, 1.807) is 0 Å². The third-order valence-electron chi connectivity index (χ3n) is 5.28. The van der Waals surface area contributed by atoms with Gasteiger partial charge in [0.05, 0.1) is 0 Å². The number of fused-ring (bicyclic) bond motifs is 1. The summed E-state index contributed by atoms with van der Waals surface area (Å²) in [5.41, 5.74) is 3.32. The molecular weight excluding hydrogens is 336 g/mol. The molecule has 2 aromatic carbocycles. The van der Waals surface area contributed by atoms with Gasteiger partial charge in [-0.1, -0.05) is 54.6 Å². The monoisotopic (exact) mass is 362 g/mol. The van der Waals surface area contributed by atoms with Crippen molar-refractivity contribution in [1.29, 1.82) is 0 Å². The van der Waals surface area contributed by atoms with E-state index in [1.165, 1.54) is 11.1 Å². The van der Waals surface area contributed by atoms with Crippen LogP contribution in [0.3, 0.4) is 0 Å². The molecule has 0 saturated heterocycles. The Morgan fingerprint density at radius 3 is 2.74 bits per heavy atom. The Morgan fingerprint density at radius 2 is 1.93 bits per heavy atom. The molecule has 2 aromatic rings. The number of hydrogen-bond donors (Lipinski definition) is 1. The molecule has 0 saturated carbocycles. The average molecular weight is 362 g/mol. The first-order valence-corrected chi connectivity index (χ1v) is 9.79. The van der Waals surface area contributed by atoms with Crippen molar-refractivity contribution in [1.82, 2.24) is 10.2 Å². The van der Waals surface area contributed by atoms with Crippen LogP contribution in [0.5, 0.6) is 5.75 Å². The first kappa shape index (κ1) is 17.8. The van der Waals surface area contributed by atoms with Crippen LogP contribution in [0.25, 0.3) is 0 Å². The minimum Gasteiger partial charge on any atom is -0.484 e. The number of carbonyl (C=O) groups is 1. The number of benzene rings is 2. The lowest BCUT2D eigenvalue weighted by molar-refractivity contribution is -0.117. The van der Waals surface area contributed by atoms with Gasteiger partial charge in [-0.15, -0.1) is 0 Å². The smallest absolute Gasteiger partial charge is 0.246 e. The van der Waals surface area contributed by atoms with E-state index >= 15 is 0 Å². The predicted octanol–water partition coefficient (Wildman–Crippen LogP) is 3.85. The standard InChI is InChI=1S/C23H26N2O2/c26-23(19-10-4-5-11-19)24-14-15-25-16-20-12-6-7-13-21(20)27-22(17-25)18-8-2-1-3-9-18/h1-3,6-10,12-13,22H,4-5,11,14-17H2,(H,24,26)/t22-/m0/s1. The molecule has 1 aliphatic carbocycles. The van der Waals surface area contributed by atoms with Crippen molar-refractivity contribution in [3.8, 4) is 5.75 Å². The second-order valence-electron chi connectivity index (χ2n) is 7.24. The van der Waals surface area contributed by atoms with Crippen molar-refractivity contribution < 1.29 is 9.53 Å². The Balaban J connectivity index is 1.44. The molecule has 0 aromatic heterocycles. The number of amides is 1. The van der Waals surface area contributed by atoms with E-state index in [0.717, 1.165) is 50.2 Å². The van der Waals surface area contributed by atoms with Crippen LogP contribution in [0.15, 0.2) is 66.2 Å². The minimum absolute atomic E-state index is 0.0110. The van der Waals surface area contributed by atoms with Crippen molar-refractivity contribution in [3.63, 3.8) is 0 Å². The summed E-state index contributed by atoms with van der Waals surface area (Å²) in [6.07, 6.45) is 5.09. The van der Waals surface area contributed by atoms with E-state index in [2.05, 4.69) is 52.7 Å². The number of hydrogen-bond acceptors (Lipinski definition) is 3. The van der Waals surface area contributed by atoms with E-state index in [-0.39, 0.29) is 12.0 Å². The van der Waals surface area contributed by atoms with E-state index in [1.807, 2.05) is 18.2 Å². The number of nitrogens with one attached hydrogen (secondary N) is 1. The number of para-hydroxylation sites is 1. The second-order valence-corrected chi connectivity index (χ2v) is 7.24. The number of nitrogens with zero attached hydrogens (tertiary/aromatic N) is 1. The van der Waals surface area contributed by atoms with Gasteiger partial charge in [0.15, 0.2) is 0 Å². The highest BCUT2D eigenvalue weighted by Gasteiger charge is 2.24. The maximum Gasteiger partial charge on any atom is 0.246 e. The van der Waals surface area contributed by atoms with Crippen molar-refractivity contribution in [2.75, 3.05) is 19.6 Å². The van der Waals surface area contributed by atoms with Crippen molar-refractivity contribution in [2.24, 2.45) is 0 Å². The Morgan fingerprint density at radius 1 is 1.11 bits per heavy atom. The number of ether oxygens (including phenoxy) is 1. The molecule has 140 valence electrons. The Kier molecular flexibility index (Phi) is 5.54. The molecule has 0 unspecified atom stereocenters. The van der Waals surface area contributed by atoms with Crippen LogP contribution >= 0.6 is 0 Å². The minimum atomic E-state index is -0.0110. The number of allylic oxidation sites excluding steroid dienone is 1. The maximum atomic E-state index is 12.2. The fourth-order valence-corrected chi connectivity index (χ4v) is 3.81. The summed E-state index contributed by atoms with van der Waals surface area (Å²) >= 11 is 0. The molecule has 4 rings (SSSR count). The number of carbonyl (C=O) groups excluding carboxylic acids is 1. The summed E-state index contributed by atoms with van der Waals surface area (Å²) in [4.78, 5) is 14.6. The van der Waals surface area contributed by atoms with Gasteiger partial charge < -0.3 is 10.1 Å². The lowest BCUT2D eigenvalue weighted by Gasteiger charge is -2.24. The normalized spacial score (nSPS) is 19.6. The molecule has 1 atom stereocenters. The highest BCUT2D eigenvalue weighted by atomic mass is 16.5. The van der Waals surface area contributed by atoms with Gasteiger partial charge in [-0.05, 0) is 30.9 Å². The lowest BCUT2D eigenvalue weighted by Crippen LogP contribution is -2.36. The summed E-state index contributed by atoms with van der Waals surface area (Å²) in [5, 5.41) is 3.08. The van der Waals surface area contributed by atoms with Gasteiger partial charge in [0.25, 0.3) is 0 Å². The summed E-state index contributed by atoms with van der Waals surface area (Å²) in [6.45, 7) is 3.09. The third-order valence-corrected chi connectivity index (χ3v) is 5.28. The molecule has 0 radical (unpaired) electrons. The molecule has 0 fully saturated rings. The Hall–Kier alpha value is -2.59. The molecule has 1 N–H and O–H groups in total. The lowest BCUT2D eigenvalue weighted by atomic mass is 10.1. The number of rotatable bonds is 5. The molecule has 2 aliphatic rings. The van der Waals surface area contributed by atoms with Gasteiger partial charge >= 0.3 is 0 Å². The molecule has 0 spiro atoms. The van der Waals surface area contributed by atoms with Crippen LogP contribution in [0.4, 0.5) is 0 Å². The topological polar surface area (TPSA) is 41.6 Å². The molecular formula is C23H26N2O2. The predicted molar refractivity (Wildman–Crippen MR) is 106 cm³/mol. The zero-order valence-electron chi connectivity index (χ0n) is 15.6. The summed E-state index contributed by atoms with van der Waals surface area (Å²) in [5.74, 6) is 1.05. The zero-order valence-corrected chi connectivity index (χ0v) is 15.6. The molecule has 4 heteroatoms. The first-order valence-electron chi connectivity index (χ1n) is 9.79. The van der Waals surface area contributed by atoms with Crippen LogP contribution < -0.4 is 10.1 Å². The van der Waals surface area contributed by atoms with Gasteiger partial charge in [-0.25, -0.2) is 0 Å². The summed E-state index contributed by atoms with van der Waals surface area (Å²) in [7, 11) is 0. The molecule has 1 heterocycles. The SMILES string of the molecule is O=C(NCCN1Cc2ccccc2O[C@H](c2ccccc2)C1)C1=CCCC1. The van der Waals surface area contributed by atoms with Crippen LogP contribution in [0.2, 0.25) is 0 Å².